The lowest BCUT2D eigenvalue weighted by molar-refractivity contribution is -0.133. The molecule has 0 aromatic rings. The average Bonchev–Trinajstić information content (AvgIpc) is 2.81. The molecule has 0 spiro atoms. The minimum absolute atomic E-state index is 0.00264. The van der Waals surface area contributed by atoms with Crippen molar-refractivity contribution in [2.45, 2.75) is 58.2 Å². The summed E-state index contributed by atoms with van der Waals surface area (Å²) in [5.74, 6) is -0.00264. The summed E-state index contributed by atoms with van der Waals surface area (Å²) in [4.78, 5) is 14.8. The van der Waals surface area contributed by atoms with Gasteiger partial charge in [0.05, 0.1) is 18.1 Å². The van der Waals surface area contributed by atoms with Crippen LogP contribution in [0.1, 0.15) is 40.5 Å². The molecule has 2 heterocycles. The predicted octanol–water partition coefficient (Wildman–Crippen LogP) is 0.729. The van der Waals surface area contributed by atoms with Crippen LogP contribution in [0.3, 0.4) is 0 Å². The number of carbonyl (C=O) groups is 1. The molecule has 2 aliphatic heterocycles. The topological polar surface area (TPSA) is 67.6 Å². The molecule has 0 aromatic carbocycles. The second-order valence-corrected chi connectivity index (χ2v) is 7.30. The van der Waals surface area contributed by atoms with Gasteiger partial charge in [-0.2, -0.15) is 0 Å². The fourth-order valence-electron chi connectivity index (χ4n) is 2.73. The molecule has 2 aliphatic rings. The smallest absolute Gasteiger partial charge is 0.227 e. The number of morpholine rings is 1. The zero-order valence-corrected chi connectivity index (χ0v) is 13.2. The Labute approximate surface area is 122 Å². The highest BCUT2D eigenvalue weighted by Gasteiger charge is 2.41. The van der Waals surface area contributed by atoms with Gasteiger partial charge < -0.3 is 15.8 Å². The van der Waals surface area contributed by atoms with Gasteiger partial charge in [-0.3, -0.25) is 9.69 Å². The minimum Gasteiger partial charge on any atom is -0.373 e. The highest BCUT2D eigenvalue weighted by atomic mass is 16.5. The summed E-state index contributed by atoms with van der Waals surface area (Å²) < 4.78 is 5.85. The summed E-state index contributed by atoms with van der Waals surface area (Å²) in [6.07, 6.45) is 2.61. The van der Waals surface area contributed by atoms with Gasteiger partial charge in [-0.25, -0.2) is 0 Å². The van der Waals surface area contributed by atoms with Crippen LogP contribution in [0.15, 0.2) is 0 Å². The van der Waals surface area contributed by atoms with Crippen molar-refractivity contribution in [2.75, 3.05) is 26.2 Å². The number of fused-ring (bicyclic) bond motifs is 1. The molecule has 2 fully saturated rings. The van der Waals surface area contributed by atoms with Crippen LogP contribution in [-0.2, 0) is 9.53 Å². The molecule has 5 nitrogen and oxygen atoms in total. The van der Waals surface area contributed by atoms with Gasteiger partial charge in [0.25, 0.3) is 0 Å². The van der Waals surface area contributed by atoms with Crippen LogP contribution in [-0.4, -0.2) is 54.7 Å². The van der Waals surface area contributed by atoms with E-state index in [1.165, 1.54) is 19.4 Å². The highest BCUT2D eigenvalue weighted by Crippen LogP contribution is 2.28. The highest BCUT2D eigenvalue weighted by molar-refractivity contribution is 5.83. The molecular weight excluding hydrogens is 254 g/mol. The van der Waals surface area contributed by atoms with Gasteiger partial charge in [0.2, 0.25) is 5.91 Å². The zero-order chi connectivity index (χ0) is 15.0. The van der Waals surface area contributed by atoms with E-state index in [0.29, 0.717) is 12.6 Å². The maximum Gasteiger partial charge on any atom is 0.227 e. The average molecular weight is 283 g/mol. The van der Waals surface area contributed by atoms with E-state index >= 15 is 0 Å². The number of ether oxygens (including phenoxy) is 1. The van der Waals surface area contributed by atoms with Crippen LogP contribution in [0, 0.1) is 5.41 Å². The van der Waals surface area contributed by atoms with E-state index in [0.717, 1.165) is 13.2 Å². The fraction of sp³-hybridized carbons (Fsp3) is 0.933. The lowest BCUT2D eigenvalue weighted by atomic mass is 9.74. The SMILES string of the molecule is CC(C)(N)C(C)(C)C(=O)NCC1CN2CCCC2CO1. The molecule has 2 unspecified atom stereocenters. The second-order valence-electron chi connectivity index (χ2n) is 7.30. The number of hydrogen-bond donors (Lipinski definition) is 2. The molecule has 2 saturated heterocycles. The first-order chi connectivity index (χ1) is 9.22. The Bertz CT molecular complexity index is 363. The number of nitrogens with two attached hydrogens (primary N) is 1. The first kappa shape index (κ1) is 15.7. The van der Waals surface area contributed by atoms with Crippen molar-refractivity contribution in [3.63, 3.8) is 0 Å². The molecule has 0 aliphatic carbocycles. The lowest BCUT2D eigenvalue weighted by Crippen LogP contribution is -2.57. The Morgan fingerprint density at radius 2 is 2.10 bits per heavy atom. The van der Waals surface area contributed by atoms with Crippen molar-refractivity contribution in [1.82, 2.24) is 10.2 Å². The quantitative estimate of drug-likeness (QED) is 0.798. The van der Waals surface area contributed by atoms with Gasteiger partial charge in [0, 0.05) is 24.7 Å². The first-order valence-electron chi connectivity index (χ1n) is 7.64. The molecule has 20 heavy (non-hydrogen) atoms. The summed E-state index contributed by atoms with van der Waals surface area (Å²) >= 11 is 0. The molecule has 1 amide bonds. The fourth-order valence-corrected chi connectivity index (χ4v) is 2.73. The third-order valence-electron chi connectivity index (χ3n) is 5.13. The van der Waals surface area contributed by atoms with Gasteiger partial charge in [-0.1, -0.05) is 0 Å². The summed E-state index contributed by atoms with van der Waals surface area (Å²) in [6.45, 7) is 11.0. The Morgan fingerprint density at radius 3 is 2.75 bits per heavy atom. The van der Waals surface area contributed by atoms with E-state index < -0.39 is 11.0 Å². The van der Waals surface area contributed by atoms with Crippen LogP contribution in [0.25, 0.3) is 0 Å². The molecule has 2 rings (SSSR count). The van der Waals surface area contributed by atoms with Gasteiger partial charge >= 0.3 is 0 Å². The standard InChI is InChI=1S/C15H29N3O2/c1-14(2,15(3,4)16)13(19)17-8-12-9-18-7-5-6-11(18)10-20-12/h11-12H,5-10,16H2,1-4H3,(H,17,19). The van der Waals surface area contributed by atoms with Gasteiger partial charge in [-0.15, -0.1) is 0 Å². The first-order valence-corrected chi connectivity index (χ1v) is 7.64. The maximum atomic E-state index is 12.3. The molecule has 0 bridgehead atoms. The third-order valence-corrected chi connectivity index (χ3v) is 5.13. The Balaban J connectivity index is 1.82. The van der Waals surface area contributed by atoms with Gasteiger partial charge in [0.15, 0.2) is 0 Å². The van der Waals surface area contributed by atoms with E-state index in [4.69, 9.17) is 10.5 Å². The molecule has 0 radical (unpaired) electrons. The predicted molar refractivity (Wildman–Crippen MR) is 79.4 cm³/mol. The molecular formula is C15H29N3O2. The molecule has 0 saturated carbocycles. The molecule has 2 atom stereocenters. The van der Waals surface area contributed by atoms with Crippen molar-refractivity contribution in [3.05, 3.63) is 0 Å². The van der Waals surface area contributed by atoms with Crippen molar-refractivity contribution in [2.24, 2.45) is 11.1 Å². The summed E-state index contributed by atoms with van der Waals surface area (Å²) in [5.41, 5.74) is 4.94. The Hall–Kier alpha value is -0.650. The molecule has 3 N–H and O–H groups in total. The Kier molecular flexibility index (Phi) is 4.42. The maximum absolute atomic E-state index is 12.3. The number of nitrogens with zero attached hydrogens (tertiary/aromatic N) is 1. The summed E-state index contributed by atoms with van der Waals surface area (Å²) in [7, 11) is 0. The van der Waals surface area contributed by atoms with Gasteiger partial charge in [-0.05, 0) is 47.1 Å². The number of carbonyl (C=O) groups excluding carboxylic acids is 1. The Morgan fingerprint density at radius 1 is 1.40 bits per heavy atom. The lowest BCUT2D eigenvalue weighted by Gasteiger charge is -2.38. The number of nitrogens with one attached hydrogen (secondary N) is 1. The largest absolute Gasteiger partial charge is 0.373 e. The summed E-state index contributed by atoms with van der Waals surface area (Å²) in [5, 5.41) is 3.01. The van der Waals surface area contributed by atoms with Crippen molar-refractivity contribution in [3.8, 4) is 0 Å². The number of hydrogen-bond acceptors (Lipinski definition) is 4. The van der Waals surface area contributed by atoms with E-state index in [2.05, 4.69) is 10.2 Å². The second kappa shape index (κ2) is 5.62. The van der Waals surface area contributed by atoms with E-state index in [-0.39, 0.29) is 12.0 Å². The zero-order valence-electron chi connectivity index (χ0n) is 13.2. The van der Waals surface area contributed by atoms with Crippen LogP contribution in [0.2, 0.25) is 0 Å². The number of rotatable bonds is 4. The van der Waals surface area contributed by atoms with Crippen molar-refractivity contribution >= 4 is 5.91 Å². The molecule has 5 heteroatoms. The van der Waals surface area contributed by atoms with Crippen molar-refractivity contribution in [1.29, 1.82) is 0 Å². The van der Waals surface area contributed by atoms with Crippen LogP contribution >= 0.6 is 0 Å². The molecule has 0 aromatic heterocycles. The van der Waals surface area contributed by atoms with Crippen LogP contribution in [0.5, 0.6) is 0 Å². The third kappa shape index (κ3) is 3.15. The van der Waals surface area contributed by atoms with Crippen LogP contribution < -0.4 is 11.1 Å². The minimum atomic E-state index is -0.599. The van der Waals surface area contributed by atoms with E-state index in [9.17, 15) is 4.79 Å². The summed E-state index contributed by atoms with van der Waals surface area (Å²) in [6, 6.07) is 0.598. The normalized spacial score (nSPS) is 28.2. The number of amides is 1. The van der Waals surface area contributed by atoms with E-state index in [1.54, 1.807) is 0 Å². The molecule has 116 valence electrons. The van der Waals surface area contributed by atoms with Gasteiger partial charge in [0.1, 0.15) is 0 Å². The van der Waals surface area contributed by atoms with Crippen LogP contribution in [0.4, 0.5) is 0 Å². The monoisotopic (exact) mass is 283 g/mol. The van der Waals surface area contributed by atoms with Crippen molar-refractivity contribution < 1.29 is 9.53 Å². The van der Waals surface area contributed by atoms with E-state index in [1.807, 2.05) is 27.7 Å².